The highest BCUT2D eigenvalue weighted by Gasteiger charge is 2.21. The summed E-state index contributed by atoms with van der Waals surface area (Å²) in [5.74, 6) is 0.601. The fraction of sp³-hybridized carbons (Fsp3) is 0. The predicted octanol–water partition coefficient (Wildman–Crippen LogP) is 10.6. The Balaban J connectivity index is 1.12. The summed E-state index contributed by atoms with van der Waals surface area (Å²) in [4.78, 5) is 19.7. The van der Waals surface area contributed by atoms with Crippen molar-refractivity contribution < 1.29 is 0 Å². The molecule has 6 nitrogen and oxygen atoms in total. The van der Waals surface area contributed by atoms with Crippen molar-refractivity contribution in [1.29, 1.82) is 5.26 Å². The molecule has 4 heterocycles. The van der Waals surface area contributed by atoms with E-state index in [0.717, 1.165) is 78.1 Å². The van der Waals surface area contributed by atoms with Crippen LogP contribution in [0.5, 0.6) is 0 Å². The van der Waals surface area contributed by atoms with Crippen molar-refractivity contribution in [2.45, 2.75) is 0 Å². The number of pyridine rings is 2. The molecule has 0 saturated heterocycles. The molecule has 0 aliphatic heterocycles. The number of hydrogen-bond acceptors (Lipinski definition) is 5. The maximum Gasteiger partial charge on any atom is 0.160 e. The molecule has 9 rings (SSSR count). The Kier molecular flexibility index (Phi) is 7.42. The third kappa shape index (κ3) is 5.40. The normalized spacial score (nSPS) is 11.1. The Bertz CT molecular complexity index is 2650. The second-order valence-electron chi connectivity index (χ2n) is 12.2. The standard InChI is InChI=1S/C45H28N6/c46-29-30-16-25-41-37(28-30)36-12-4-5-15-40(36)51(41)35-23-21-32(22-24-35)31-17-19-34(20-18-31)45-49-43(38-13-6-8-26-47-38)42(33-10-2-1-3-11-33)44(50-45)39-14-7-9-27-48-39/h1-28H. The van der Waals surface area contributed by atoms with Crippen LogP contribution in [0.25, 0.3) is 83.9 Å². The number of aromatic nitrogens is 5. The van der Waals surface area contributed by atoms with Gasteiger partial charge >= 0.3 is 0 Å². The van der Waals surface area contributed by atoms with Gasteiger partial charge in [-0.3, -0.25) is 9.97 Å². The van der Waals surface area contributed by atoms with Gasteiger partial charge in [0.2, 0.25) is 0 Å². The van der Waals surface area contributed by atoms with Gasteiger partial charge in [-0.1, -0.05) is 97.1 Å². The molecule has 0 aliphatic carbocycles. The smallest absolute Gasteiger partial charge is 0.160 e. The summed E-state index contributed by atoms with van der Waals surface area (Å²) in [6.45, 7) is 0. The van der Waals surface area contributed by atoms with Crippen LogP contribution in [0.4, 0.5) is 0 Å². The van der Waals surface area contributed by atoms with Crippen molar-refractivity contribution in [1.82, 2.24) is 24.5 Å². The van der Waals surface area contributed by atoms with Gasteiger partial charge in [0.1, 0.15) is 11.4 Å². The van der Waals surface area contributed by atoms with Crippen LogP contribution in [0.1, 0.15) is 5.56 Å². The lowest BCUT2D eigenvalue weighted by atomic mass is 9.97. The minimum Gasteiger partial charge on any atom is -0.309 e. The summed E-state index contributed by atoms with van der Waals surface area (Å²) in [6.07, 6.45) is 3.58. The summed E-state index contributed by atoms with van der Waals surface area (Å²) in [5.41, 5.74) is 11.9. The molecule has 9 aromatic rings. The topological polar surface area (TPSA) is 80.3 Å². The van der Waals surface area contributed by atoms with Gasteiger partial charge < -0.3 is 4.57 Å². The summed E-state index contributed by atoms with van der Waals surface area (Å²) >= 11 is 0. The van der Waals surface area contributed by atoms with Crippen LogP contribution < -0.4 is 0 Å². The molecule has 0 N–H and O–H groups in total. The Morgan fingerprint density at radius 2 is 1.04 bits per heavy atom. The van der Waals surface area contributed by atoms with Gasteiger partial charge in [-0.15, -0.1) is 0 Å². The first kappa shape index (κ1) is 29.9. The number of para-hydroxylation sites is 1. The highest BCUT2D eigenvalue weighted by atomic mass is 15.0. The largest absolute Gasteiger partial charge is 0.309 e. The predicted molar refractivity (Wildman–Crippen MR) is 204 cm³/mol. The molecular formula is C45H28N6. The van der Waals surface area contributed by atoms with Gasteiger partial charge in [0, 0.05) is 40.0 Å². The second-order valence-corrected chi connectivity index (χ2v) is 12.2. The van der Waals surface area contributed by atoms with E-state index in [-0.39, 0.29) is 0 Å². The molecule has 0 aliphatic rings. The fourth-order valence-electron chi connectivity index (χ4n) is 6.78. The molecule has 238 valence electrons. The van der Waals surface area contributed by atoms with Crippen LogP contribution in [0.2, 0.25) is 0 Å². The molecule has 5 aromatic carbocycles. The van der Waals surface area contributed by atoms with Crippen LogP contribution in [0.3, 0.4) is 0 Å². The first-order valence-corrected chi connectivity index (χ1v) is 16.7. The van der Waals surface area contributed by atoms with E-state index in [1.807, 2.05) is 78.9 Å². The van der Waals surface area contributed by atoms with Crippen LogP contribution in [-0.2, 0) is 0 Å². The number of nitriles is 1. The number of rotatable bonds is 6. The summed E-state index contributed by atoms with van der Waals surface area (Å²) in [5, 5.41) is 11.7. The van der Waals surface area contributed by atoms with E-state index in [9.17, 15) is 5.26 Å². The summed E-state index contributed by atoms with van der Waals surface area (Å²) < 4.78 is 2.26. The van der Waals surface area contributed by atoms with Crippen molar-refractivity contribution in [3.63, 3.8) is 0 Å². The zero-order chi connectivity index (χ0) is 34.1. The minimum atomic E-state index is 0.601. The first-order valence-electron chi connectivity index (χ1n) is 16.7. The van der Waals surface area contributed by atoms with Crippen molar-refractivity contribution >= 4 is 21.8 Å². The van der Waals surface area contributed by atoms with Crippen molar-refractivity contribution in [2.24, 2.45) is 0 Å². The zero-order valence-electron chi connectivity index (χ0n) is 27.3. The van der Waals surface area contributed by atoms with Gasteiger partial charge in [0.25, 0.3) is 0 Å². The third-order valence-electron chi connectivity index (χ3n) is 9.19. The van der Waals surface area contributed by atoms with Gasteiger partial charge in [0.05, 0.1) is 34.1 Å². The Morgan fingerprint density at radius 1 is 0.471 bits per heavy atom. The molecular weight excluding hydrogens is 625 g/mol. The molecule has 6 heteroatoms. The van der Waals surface area contributed by atoms with Gasteiger partial charge in [-0.2, -0.15) is 5.26 Å². The lowest BCUT2D eigenvalue weighted by Gasteiger charge is -2.16. The van der Waals surface area contributed by atoms with Gasteiger partial charge in [-0.05, 0) is 77.4 Å². The van der Waals surface area contributed by atoms with Crippen LogP contribution >= 0.6 is 0 Å². The van der Waals surface area contributed by atoms with Gasteiger partial charge in [0.15, 0.2) is 5.82 Å². The zero-order valence-corrected chi connectivity index (χ0v) is 27.3. The van der Waals surface area contributed by atoms with Crippen LogP contribution in [-0.4, -0.2) is 24.5 Å². The van der Waals surface area contributed by atoms with E-state index >= 15 is 0 Å². The molecule has 0 amide bonds. The van der Waals surface area contributed by atoms with Gasteiger partial charge in [-0.25, -0.2) is 9.97 Å². The number of nitrogens with zero attached hydrogens (tertiary/aromatic N) is 6. The average molecular weight is 653 g/mol. The highest BCUT2D eigenvalue weighted by molar-refractivity contribution is 6.09. The summed E-state index contributed by atoms with van der Waals surface area (Å²) in [6, 6.07) is 55.4. The maximum atomic E-state index is 9.52. The molecule has 0 fully saturated rings. The molecule has 4 aromatic heterocycles. The molecule has 0 atom stereocenters. The molecule has 51 heavy (non-hydrogen) atoms. The van der Waals surface area contributed by atoms with E-state index in [1.54, 1.807) is 12.4 Å². The van der Waals surface area contributed by atoms with Crippen LogP contribution in [0.15, 0.2) is 170 Å². The second kappa shape index (κ2) is 12.7. The van der Waals surface area contributed by atoms with Crippen molar-refractivity contribution in [3.05, 3.63) is 176 Å². The monoisotopic (exact) mass is 652 g/mol. The Hall–Kier alpha value is -7.23. The third-order valence-corrected chi connectivity index (χ3v) is 9.19. The fourth-order valence-corrected chi connectivity index (χ4v) is 6.78. The lowest BCUT2D eigenvalue weighted by molar-refractivity contribution is 1.15. The van der Waals surface area contributed by atoms with E-state index in [4.69, 9.17) is 19.9 Å². The maximum absolute atomic E-state index is 9.52. The lowest BCUT2D eigenvalue weighted by Crippen LogP contribution is -2.02. The molecule has 0 radical (unpaired) electrons. The molecule has 0 spiro atoms. The van der Waals surface area contributed by atoms with Crippen molar-refractivity contribution in [2.75, 3.05) is 0 Å². The summed E-state index contributed by atoms with van der Waals surface area (Å²) in [7, 11) is 0. The first-order chi connectivity index (χ1) is 25.2. The number of fused-ring (bicyclic) bond motifs is 3. The molecule has 0 bridgehead atoms. The van der Waals surface area contributed by atoms with E-state index in [1.165, 1.54) is 0 Å². The Morgan fingerprint density at radius 3 is 1.67 bits per heavy atom. The molecule has 0 unspecified atom stereocenters. The van der Waals surface area contributed by atoms with E-state index in [0.29, 0.717) is 11.4 Å². The number of benzene rings is 5. The Labute approximate surface area is 294 Å². The SMILES string of the molecule is N#Cc1ccc2c(c1)c1ccccc1n2-c1ccc(-c2ccc(-c3nc(-c4ccccn4)c(-c4ccccc4)c(-c4ccccn4)n3)cc2)cc1. The van der Waals surface area contributed by atoms with E-state index < -0.39 is 0 Å². The minimum absolute atomic E-state index is 0.601. The van der Waals surface area contributed by atoms with Crippen LogP contribution in [0, 0.1) is 11.3 Å². The van der Waals surface area contributed by atoms with E-state index in [2.05, 4.69) is 89.5 Å². The molecule has 0 saturated carbocycles. The number of hydrogen-bond donors (Lipinski definition) is 0. The van der Waals surface area contributed by atoms with Crippen molar-refractivity contribution in [3.8, 4) is 68.2 Å². The average Bonchev–Trinajstić information content (AvgIpc) is 3.55. The highest BCUT2D eigenvalue weighted by Crippen LogP contribution is 2.39. The quantitative estimate of drug-likeness (QED) is 0.179.